The molecule has 0 rings (SSSR count). The molecule has 0 N–H and O–H groups in total. The molecule has 66 valence electrons. The lowest BCUT2D eigenvalue weighted by atomic mass is 10.4. The van der Waals surface area contributed by atoms with Crippen LogP contribution in [0.4, 0.5) is 0 Å². The normalized spacial score (nSPS) is 12.9. The van der Waals surface area contributed by atoms with Crippen LogP contribution >= 0.6 is 76.1 Å². The zero-order chi connectivity index (χ0) is 9.28. The first-order valence-electron chi connectivity index (χ1n) is 2.21. The van der Waals surface area contributed by atoms with Crippen molar-refractivity contribution >= 4 is 82.0 Å². The molecule has 0 heterocycles. The van der Waals surface area contributed by atoms with Gasteiger partial charge in [-0.1, -0.05) is 0 Å². The van der Waals surface area contributed by atoms with Crippen molar-refractivity contribution in [2.45, 2.75) is 7.49 Å². The van der Waals surface area contributed by atoms with Gasteiger partial charge in [-0.15, -0.1) is 63.1 Å². The first-order chi connectivity index (χ1) is 4.73. The molecule has 0 aliphatic rings. The van der Waals surface area contributed by atoms with E-state index in [1.807, 2.05) is 0 Å². The van der Waals surface area contributed by atoms with Crippen molar-refractivity contribution in [1.29, 1.82) is 0 Å². The van der Waals surface area contributed by atoms with E-state index in [0.29, 0.717) is 0 Å². The highest BCUT2D eigenvalue weighted by Crippen LogP contribution is 2.44. The quantitative estimate of drug-likeness (QED) is 0.259. The third-order valence-electron chi connectivity index (χ3n) is 0.835. The molecule has 0 aromatic rings. The Balaban J connectivity index is 4.59. The monoisotopic (exact) mass is 266 g/mol. The second-order valence-electron chi connectivity index (χ2n) is 1.69. The minimum absolute atomic E-state index is 0.785. The van der Waals surface area contributed by atoms with Gasteiger partial charge in [0.15, 0.2) is 4.08 Å². The molecule has 0 aliphatic heterocycles. The largest absolute Gasteiger partial charge is 0.393 e. The van der Waals surface area contributed by atoms with E-state index >= 15 is 0 Å². The van der Waals surface area contributed by atoms with Crippen molar-refractivity contribution in [3.05, 3.63) is 0 Å². The van der Waals surface area contributed by atoms with Gasteiger partial charge >= 0.3 is 5.97 Å². The molecule has 0 amide bonds. The summed E-state index contributed by atoms with van der Waals surface area (Å²) in [5.41, 5.74) is 0. The summed E-state index contributed by atoms with van der Waals surface area (Å²) in [5.74, 6) is -0.785. The molecule has 0 saturated heterocycles. The van der Waals surface area contributed by atoms with Crippen LogP contribution < -0.4 is 0 Å². The van der Waals surface area contributed by atoms with E-state index in [1.165, 1.54) is 0 Å². The lowest BCUT2D eigenvalue weighted by Crippen LogP contribution is -2.40. The Bertz CT molecular complexity index is 160. The molecule has 0 aromatic carbocycles. The average molecular weight is 266 g/mol. The molecule has 0 aliphatic carbocycles. The highest BCUT2D eigenvalue weighted by atomic mass is 32.2. The van der Waals surface area contributed by atoms with Crippen LogP contribution in [0, 0.1) is 0 Å². The third kappa shape index (κ3) is 3.07. The molecule has 0 saturated carbocycles. The van der Waals surface area contributed by atoms with Gasteiger partial charge < -0.3 is 4.18 Å². The van der Waals surface area contributed by atoms with Gasteiger partial charge in [0.1, 0.15) is 3.41 Å². The number of carbonyl (C=O) groups excluding carboxylic acids is 1. The van der Waals surface area contributed by atoms with Gasteiger partial charge in [-0.2, -0.15) is 0 Å². The Morgan fingerprint density at radius 3 is 1.55 bits per heavy atom. The van der Waals surface area contributed by atoms with Gasteiger partial charge in [-0.3, -0.25) is 0 Å². The van der Waals surface area contributed by atoms with Crippen LogP contribution in [0.5, 0.6) is 0 Å². The summed E-state index contributed by atoms with van der Waals surface area (Å²) < 4.78 is 1.30. The predicted octanol–water partition coefficient (Wildman–Crippen LogP) is 1.37. The molecule has 0 spiro atoms. The van der Waals surface area contributed by atoms with E-state index < -0.39 is 13.5 Å². The Morgan fingerprint density at radius 1 is 1.09 bits per heavy atom. The van der Waals surface area contributed by atoms with Crippen molar-refractivity contribution in [3.63, 3.8) is 0 Å². The van der Waals surface area contributed by atoms with Crippen LogP contribution in [0.15, 0.2) is 0 Å². The molecule has 0 atom stereocenters. The fourth-order valence-corrected chi connectivity index (χ4v) is 0.847. The van der Waals surface area contributed by atoms with Gasteiger partial charge in [-0.25, -0.2) is 4.79 Å². The van der Waals surface area contributed by atoms with Crippen LogP contribution in [0.2, 0.25) is 0 Å². The molecule has 0 radical (unpaired) electrons. The van der Waals surface area contributed by atoms with Gasteiger partial charge in [0, 0.05) is 12.9 Å². The summed E-state index contributed by atoms with van der Waals surface area (Å²) in [6.45, 7) is 0. The molecule has 2 nitrogen and oxygen atoms in total. The number of hydrogen-bond acceptors (Lipinski definition) is 8. The lowest BCUT2D eigenvalue weighted by Gasteiger charge is -2.29. The highest BCUT2D eigenvalue weighted by molar-refractivity contribution is 8.20. The van der Waals surface area contributed by atoms with Crippen LogP contribution in [-0.4, -0.2) is 13.5 Å². The summed E-state index contributed by atoms with van der Waals surface area (Å²) >= 11 is 22.6. The maximum atomic E-state index is 10.9. The van der Waals surface area contributed by atoms with Gasteiger partial charge in [0.25, 0.3) is 0 Å². The number of rotatable bonds is 2. The van der Waals surface area contributed by atoms with Gasteiger partial charge in [-0.05, 0) is 0 Å². The second-order valence-corrected chi connectivity index (χ2v) is 6.63. The Labute approximate surface area is 97.9 Å². The van der Waals surface area contributed by atoms with Crippen molar-refractivity contribution in [1.82, 2.24) is 0 Å². The van der Waals surface area contributed by atoms with Crippen LogP contribution in [0.25, 0.3) is 0 Å². The predicted molar refractivity (Wildman–Crippen MR) is 65.5 cm³/mol. The second kappa shape index (κ2) is 4.19. The number of carbonyl (C=O) groups is 1. The molecule has 0 bridgehead atoms. The fourth-order valence-electron chi connectivity index (χ4n) is 0.201. The maximum Gasteiger partial charge on any atom is 0.347 e. The molecular weight excluding hydrogens is 260 g/mol. The Kier molecular flexibility index (Phi) is 4.79. The topological polar surface area (TPSA) is 26.3 Å². The van der Waals surface area contributed by atoms with Crippen LogP contribution in [0.1, 0.15) is 0 Å². The summed E-state index contributed by atoms with van der Waals surface area (Å²) in [7, 11) is 0. The van der Waals surface area contributed by atoms with E-state index in [1.54, 1.807) is 0 Å². The summed E-state index contributed by atoms with van der Waals surface area (Å²) in [4.78, 5) is 10.9. The smallest absolute Gasteiger partial charge is 0.347 e. The fraction of sp³-hybridized carbons (Fsp3) is 0.667. The zero-order valence-corrected chi connectivity index (χ0v) is 10.4. The van der Waals surface area contributed by atoms with E-state index in [4.69, 9.17) is 0 Å². The van der Waals surface area contributed by atoms with E-state index in [2.05, 4.69) is 80.2 Å². The number of hydrogen-bond donors (Lipinski definition) is 6. The zero-order valence-electron chi connectivity index (χ0n) is 5.00. The molecule has 0 fully saturated rings. The van der Waals surface area contributed by atoms with Crippen molar-refractivity contribution in [3.8, 4) is 0 Å². The Morgan fingerprint density at radius 2 is 1.45 bits per heavy atom. The van der Waals surface area contributed by atoms with E-state index in [0.717, 1.165) is 0 Å². The summed E-state index contributed by atoms with van der Waals surface area (Å²) in [6, 6.07) is 0. The molecule has 0 aromatic heterocycles. The SMILES string of the molecule is O=C(OS)C(S)(S)C(S)(S)S. The van der Waals surface area contributed by atoms with Crippen LogP contribution in [-0.2, 0) is 8.98 Å². The third-order valence-corrected chi connectivity index (χ3v) is 4.10. The summed E-state index contributed by atoms with van der Waals surface area (Å²) in [5, 5.41) is 0. The molecule has 11 heavy (non-hydrogen) atoms. The minimum atomic E-state index is -1.51. The molecule has 0 unspecified atom stereocenters. The van der Waals surface area contributed by atoms with Gasteiger partial charge in [0.2, 0.25) is 0 Å². The highest BCUT2D eigenvalue weighted by Gasteiger charge is 2.47. The summed E-state index contributed by atoms with van der Waals surface area (Å²) in [6.07, 6.45) is 0. The lowest BCUT2D eigenvalue weighted by molar-refractivity contribution is -0.132. The van der Waals surface area contributed by atoms with Crippen molar-refractivity contribution < 1.29 is 8.98 Å². The minimum Gasteiger partial charge on any atom is -0.393 e. The number of thiol groups is 6. The van der Waals surface area contributed by atoms with E-state index in [9.17, 15) is 4.79 Å². The average Bonchev–Trinajstić information content (AvgIpc) is 1.83. The Hall–Kier alpha value is 1.57. The molecule has 8 heteroatoms. The maximum absolute atomic E-state index is 10.9. The van der Waals surface area contributed by atoms with E-state index in [-0.39, 0.29) is 0 Å². The standard InChI is InChI=1S/C3H6O2S6/c4-1(5-11)2(6,7)3(8,9)10/h6-11H. The van der Waals surface area contributed by atoms with Gasteiger partial charge in [0.05, 0.1) is 0 Å². The first-order valence-corrected chi connectivity index (χ1v) is 4.81. The van der Waals surface area contributed by atoms with Crippen molar-refractivity contribution in [2.24, 2.45) is 0 Å². The van der Waals surface area contributed by atoms with Crippen LogP contribution in [0.3, 0.4) is 0 Å². The van der Waals surface area contributed by atoms with Crippen molar-refractivity contribution in [2.75, 3.05) is 0 Å². The molecular formula is C3H6O2S6. The first kappa shape index (κ1) is 12.6.